The number of benzene rings is 2. The lowest BCUT2D eigenvalue weighted by Gasteiger charge is -2.46. The van der Waals surface area contributed by atoms with Crippen molar-refractivity contribution in [2.75, 3.05) is 6.61 Å². The average Bonchev–Trinajstić information content (AvgIpc) is 3.08. The minimum absolute atomic E-state index is 0.0181. The largest absolute Gasteiger partial charge is 0.394 e. The van der Waals surface area contributed by atoms with Gasteiger partial charge in [-0.2, -0.15) is 0 Å². The number of aliphatic hydroxyl groups is 4. The smallest absolute Gasteiger partial charge is 0.225 e. The molecule has 2 aromatic carbocycles. The summed E-state index contributed by atoms with van der Waals surface area (Å²) in [6.07, 6.45) is -4.53. The number of hydrogen-bond acceptors (Lipinski definition) is 6. The molecular weight excluding hydrogens is 379 g/mol. The second-order valence-corrected chi connectivity index (χ2v) is 7.67. The van der Waals surface area contributed by atoms with Gasteiger partial charge in [-0.1, -0.05) is 31.2 Å². The number of halogens is 1. The summed E-state index contributed by atoms with van der Waals surface area (Å²) in [5.74, 6) is -2.16. The van der Waals surface area contributed by atoms with E-state index in [-0.39, 0.29) is 6.61 Å². The summed E-state index contributed by atoms with van der Waals surface area (Å²) >= 11 is 0. The van der Waals surface area contributed by atoms with Gasteiger partial charge in [0.2, 0.25) is 5.79 Å². The van der Waals surface area contributed by atoms with Gasteiger partial charge in [-0.25, -0.2) is 4.39 Å². The van der Waals surface area contributed by atoms with Gasteiger partial charge < -0.3 is 29.9 Å². The van der Waals surface area contributed by atoms with Crippen molar-refractivity contribution >= 4 is 0 Å². The van der Waals surface area contributed by atoms with E-state index in [0.29, 0.717) is 23.1 Å². The van der Waals surface area contributed by atoms with E-state index in [1.54, 1.807) is 6.07 Å². The molecule has 29 heavy (non-hydrogen) atoms. The topological polar surface area (TPSA) is 99.4 Å². The Morgan fingerprint density at radius 2 is 1.76 bits per heavy atom. The molecule has 0 bridgehead atoms. The molecule has 0 aliphatic carbocycles. The van der Waals surface area contributed by atoms with Crippen LogP contribution in [0.2, 0.25) is 0 Å². The molecule has 7 heteroatoms. The van der Waals surface area contributed by atoms with Crippen molar-refractivity contribution in [2.45, 2.75) is 56.6 Å². The number of rotatable bonds is 4. The molecule has 1 fully saturated rings. The molecule has 5 atom stereocenters. The Hall–Kier alpha value is -1.87. The number of hydrogen-bond donors (Lipinski definition) is 4. The van der Waals surface area contributed by atoms with Crippen LogP contribution in [0.1, 0.15) is 34.7 Å². The van der Waals surface area contributed by atoms with Crippen LogP contribution in [-0.2, 0) is 34.7 Å². The van der Waals surface area contributed by atoms with Gasteiger partial charge in [-0.3, -0.25) is 0 Å². The second-order valence-electron chi connectivity index (χ2n) is 7.67. The fraction of sp³-hybridized carbons (Fsp3) is 0.455. The van der Waals surface area contributed by atoms with Crippen LogP contribution in [0.4, 0.5) is 4.39 Å². The fourth-order valence-corrected chi connectivity index (χ4v) is 4.10. The Kier molecular flexibility index (Phi) is 5.46. The van der Waals surface area contributed by atoms with E-state index in [2.05, 4.69) is 6.92 Å². The maximum atomic E-state index is 14.7. The molecule has 0 unspecified atom stereocenters. The normalized spacial score (nSPS) is 31.2. The standard InChI is InChI=1S/C22H25FO6/c1-2-12-3-5-13(6-4-12)7-14-8-16-15(9-17(14)23)11-28-22(16)21(27)20(26)19(25)18(10-24)29-22/h3-6,8-9,18-21,24-27H,2,7,10-11H2,1H3/t18-,19-,20+,21-,22+/m1/s1. The third-order valence-corrected chi connectivity index (χ3v) is 5.87. The molecule has 2 aromatic rings. The summed E-state index contributed by atoms with van der Waals surface area (Å²) in [4.78, 5) is 0. The Bertz CT molecular complexity index is 884. The number of aliphatic hydroxyl groups excluding tert-OH is 4. The molecule has 2 heterocycles. The molecule has 156 valence electrons. The van der Waals surface area contributed by atoms with Crippen LogP contribution in [0.25, 0.3) is 0 Å². The maximum Gasteiger partial charge on any atom is 0.225 e. The Morgan fingerprint density at radius 1 is 1.07 bits per heavy atom. The van der Waals surface area contributed by atoms with Gasteiger partial charge in [0, 0.05) is 12.0 Å². The van der Waals surface area contributed by atoms with E-state index in [9.17, 15) is 24.8 Å². The summed E-state index contributed by atoms with van der Waals surface area (Å²) < 4.78 is 26.1. The first-order chi connectivity index (χ1) is 13.9. The summed E-state index contributed by atoms with van der Waals surface area (Å²) in [7, 11) is 0. The van der Waals surface area contributed by atoms with Gasteiger partial charge in [0.15, 0.2) is 0 Å². The first kappa shape index (κ1) is 20.4. The third-order valence-electron chi connectivity index (χ3n) is 5.87. The van der Waals surface area contributed by atoms with Crippen LogP contribution in [0.3, 0.4) is 0 Å². The lowest BCUT2D eigenvalue weighted by Crippen LogP contribution is -2.63. The van der Waals surface area contributed by atoms with E-state index in [1.807, 2.05) is 24.3 Å². The van der Waals surface area contributed by atoms with Gasteiger partial charge in [0.1, 0.15) is 30.2 Å². The maximum absolute atomic E-state index is 14.7. The molecule has 4 N–H and O–H groups in total. The summed E-state index contributed by atoms with van der Waals surface area (Å²) in [6, 6.07) is 10.8. The molecule has 2 aliphatic heterocycles. The van der Waals surface area contributed by atoms with Crippen molar-refractivity contribution in [3.05, 3.63) is 70.0 Å². The highest BCUT2D eigenvalue weighted by molar-refractivity contribution is 5.42. The highest BCUT2D eigenvalue weighted by Gasteiger charge is 2.58. The first-order valence-electron chi connectivity index (χ1n) is 9.76. The monoisotopic (exact) mass is 404 g/mol. The van der Waals surface area contributed by atoms with Gasteiger partial charge in [-0.05, 0) is 40.8 Å². The highest BCUT2D eigenvalue weighted by Crippen LogP contribution is 2.46. The van der Waals surface area contributed by atoms with Crippen molar-refractivity contribution in [3.63, 3.8) is 0 Å². The molecule has 0 amide bonds. The summed E-state index contributed by atoms with van der Waals surface area (Å²) in [5, 5.41) is 40.4. The fourth-order valence-electron chi connectivity index (χ4n) is 4.10. The predicted octanol–water partition coefficient (Wildman–Crippen LogP) is 1.14. The van der Waals surface area contributed by atoms with Crippen LogP contribution < -0.4 is 0 Å². The minimum atomic E-state index is -1.77. The van der Waals surface area contributed by atoms with E-state index >= 15 is 0 Å². The highest BCUT2D eigenvalue weighted by atomic mass is 19.1. The average molecular weight is 404 g/mol. The van der Waals surface area contributed by atoms with E-state index in [1.165, 1.54) is 11.6 Å². The van der Waals surface area contributed by atoms with Crippen LogP contribution in [0, 0.1) is 5.82 Å². The van der Waals surface area contributed by atoms with Crippen molar-refractivity contribution < 1.29 is 34.3 Å². The van der Waals surface area contributed by atoms with Crippen LogP contribution in [-0.4, -0.2) is 51.4 Å². The van der Waals surface area contributed by atoms with Gasteiger partial charge >= 0.3 is 0 Å². The molecule has 2 aliphatic rings. The lowest BCUT2D eigenvalue weighted by atomic mass is 9.86. The molecule has 4 rings (SSSR count). The third kappa shape index (κ3) is 3.38. The number of aryl methyl sites for hydroxylation is 1. The van der Waals surface area contributed by atoms with Gasteiger partial charge in [0.25, 0.3) is 0 Å². The van der Waals surface area contributed by atoms with Crippen molar-refractivity contribution in [2.24, 2.45) is 0 Å². The zero-order valence-corrected chi connectivity index (χ0v) is 16.1. The molecule has 0 aromatic heterocycles. The Morgan fingerprint density at radius 3 is 2.41 bits per heavy atom. The van der Waals surface area contributed by atoms with Crippen molar-refractivity contribution in [3.8, 4) is 0 Å². The molecular formula is C22H25FO6. The minimum Gasteiger partial charge on any atom is -0.394 e. The lowest BCUT2D eigenvalue weighted by molar-refractivity contribution is -0.368. The summed E-state index contributed by atoms with van der Waals surface area (Å²) in [6.45, 7) is 1.48. The van der Waals surface area contributed by atoms with E-state index in [4.69, 9.17) is 9.47 Å². The van der Waals surface area contributed by atoms with Gasteiger partial charge in [0.05, 0.1) is 13.2 Å². The first-order valence-corrected chi connectivity index (χ1v) is 9.76. The van der Waals surface area contributed by atoms with Crippen LogP contribution in [0.15, 0.2) is 36.4 Å². The molecule has 0 saturated carbocycles. The van der Waals surface area contributed by atoms with E-state index < -0.39 is 42.6 Å². The molecule has 1 spiro atoms. The zero-order valence-electron chi connectivity index (χ0n) is 16.1. The number of ether oxygens (including phenoxy) is 2. The predicted molar refractivity (Wildman–Crippen MR) is 101 cm³/mol. The van der Waals surface area contributed by atoms with E-state index in [0.717, 1.165) is 12.0 Å². The summed E-state index contributed by atoms with van der Waals surface area (Å²) in [5.41, 5.74) is 3.41. The molecule has 6 nitrogen and oxygen atoms in total. The second kappa shape index (κ2) is 7.75. The Balaban J connectivity index is 1.71. The quantitative estimate of drug-likeness (QED) is 0.610. The SMILES string of the molecule is CCc1ccc(Cc2cc3c(cc2F)CO[C@]32O[C@H](CO)[C@@H](O)[C@H](O)[C@H]2O)cc1. The van der Waals surface area contributed by atoms with Crippen molar-refractivity contribution in [1.82, 2.24) is 0 Å². The van der Waals surface area contributed by atoms with Crippen LogP contribution >= 0.6 is 0 Å². The number of fused-ring (bicyclic) bond motifs is 2. The Labute approximate surface area is 168 Å². The molecule has 1 saturated heterocycles. The molecule has 0 radical (unpaired) electrons. The zero-order chi connectivity index (χ0) is 20.8. The van der Waals surface area contributed by atoms with Gasteiger partial charge in [-0.15, -0.1) is 0 Å². The van der Waals surface area contributed by atoms with Crippen LogP contribution in [0.5, 0.6) is 0 Å². The van der Waals surface area contributed by atoms with Crippen molar-refractivity contribution in [1.29, 1.82) is 0 Å².